The average Bonchev–Trinajstić information content (AvgIpc) is 2.94. The predicted molar refractivity (Wildman–Crippen MR) is 183 cm³/mol. The summed E-state index contributed by atoms with van der Waals surface area (Å²) in [5.74, 6) is -1.48. The number of hydrogen-bond acceptors (Lipinski definition) is 8. The van der Waals surface area contributed by atoms with E-state index in [0.717, 1.165) is 12.0 Å². The van der Waals surface area contributed by atoms with Crippen LogP contribution in [0, 0.1) is 11.8 Å². The van der Waals surface area contributed by atoms with Crippen molar-refractivity contribution in [2.75, 3.05) is 27.3 Å². The average molecular weight is 657 g/mol. The van der Waals surface area contributed by atoms with E-state index in [-0.39, 0.29) is 34.1 Å². The number of methoxy groups -OCH3 is 2. The zero-order chi connectivity index (χ0) is 34.6. The van der Waals surface area contributed by atoms with Crippen molar-refractivity contribution in [1.29, 1.82) is 0 Å². The van der Waals surface area contributed by atoms with Crippen LogP contribution >= 0.6 is 0 Å². The van der Waals surface area contributed by atoms with E-state index in [1.54, 1.807) is 33.3 Å². The monoisotopic (exact) mass is 656 g/mol. The molecule has 9 nitrogen and oxygen atoms in total. The van der Waals surface area contributed by atoms with Gasteiger partial charge >= 0.3 is 0 Å². The van der Waals surface area contributed by atoms with Crippen molar-refractivity contribution >= 4 is 25.8 Å². The van der Waals surface area contributed by atoms with Crippen LogP contribution < -0.4 is 5.32 Å². The van der Waals surface area contributed by atoms with E-state index in [4.69, 9.17) is 13.9 Å². The number of rotatable bonds is 5. The number of Topliss-reactive ketones (excluding diaryl/α,β-unsaturated/α-hetero) is 1. The molecule has 1 saturated heterocycles. The van der Waals surface area contributed by atoms with Crippen molar-refractivity contribution in [2.45, 2.75) is 110 Å². The minimum Gasteiger partial charge on any atom is -0.407 e. The molecule has 1 aliphatic carbocycles. The lowest BCUT2D eigenvalue weighted by atomic mass is 9.84. The van der Waals surface area contributed by atoms with Gasteiger partial charge in [-0.3, -0.25) is 14.4 Å². The summed E-state index contributed by atoms with van der Waals surface area (Å²) in [6.07, 6.45) is 8.03. The number of likely N-dealkylation sites (tertiary alicyclic amines) is 1. The lowest BCUT2D eigenvalue weighted by molar-refractivity contribution is -0.120. The Kier molecular flexibility index (Phi) is 12.8. The molecule has 46 heavy (non-hydrogen) atoms. The Morgan fingerprint density at radius 2 is 1.70 bits per heavy atom. The molecule has 0 aromatic heterocycles. The molecule has 0 saturated carbocycles. The highest BCUT2D eigenvalue weighted by molar-refractivity contribution is 6.74. The molecule has 0 radical (unpaired) electrons. The Hall–Kier alpha value is -2.63. The predicted octanol–water partition coefficient (Wildman–Crippen LogP) is 5.39. The van der Waals surface area contributed by atoms with Gasteiger partial charge in [-0.15, -0.1) is 0 Å². The second kappa shape index (κ2) is 15.5. The molecule has 10 heteroatoms. The third kappa shape index (κ3) is 8.83. The van der Waals surface area contributed by atoms with E-state index in [0.29, 0.717) is 42.8 Å². The summed E-state index contributed by atoms with van der Waals surface area (Å²) < 4.78 is 18.7. The number of carbonyl (C=O) groups is 3. The van der Waals surface area contributed by atoms with Gasteiger partial charge in [0.05, 0.1) is 29.7 Å². The van der Waals surface area contributed by atoms with Gasteiger partial charge in [0.1, 0.15) is 6.10 Å². The molecule has 2 aliphatic heterocycles. The third-order valence-corrected chi connectivity index (χ3v) is 14.4. The fourth-order valence-corrected chi connectivity index (χ4v) is 7.13. The zero-order valence-corrected chi connectivity index (χ0v) is 30.7. The van der Waals surface area contributed by atoms with Gasteiger partial charge in [0, 0.05) is 50.4 Å². The Morgan fingerprint density at radius 1 is 1.04 bits per heavy atom. The van der Waals surface area contributed by atoms with Crippen LogP contribution in [0.1, 0.15) is 67.7 Å². The standard InChI is InChI=1S/C36H56N2O7Si/c1-22-18-26-31(38-16-13-17-38)28(39)21-27(33(26)41)37-35(42)23(2)14-12-15-29(43-8)34(45-46(10,11)36(5,6)7)25(4)20-24(3)32(40)30(19-22)44-9/h12,14-15,20-22,24,29-30,32,34,40H,13,16-19H2,1-11H3,(H,37,42)/b15-12-,23-14+,25-20+/t22-,24+,29+,30+,32-,34+/m1/s1. The first-order valence-corrected chi connectivity index (χ1v) is 19.4. The summed E-state index contributed by atoms with van der Waals surface area (Å²) in [4.78, 5) is 42.3. The number of hydrogen-bond donors (Lipinski definition) is 2. The van der Waals surface area contributed by atoms with E-state index < -0.39 is 38.6 Å². The Balaban J connectivity index is 2.10. The molecule has 2 N–H and O–H groups in total. The highest BCUT2D eigenvalue weighted by Gasteiger charge is 2.41. The zero-order valence-electron chi connectivity index (χ0n) is 29.7. The Morgan fingerprint density at radius 3 is 2.24 bits per heavy atom. The normalized spacial score (nSPS) is 32.6. The number of amides is 1. The number of aliphatic hydroxyl groups is 1. The van der Waals surface area contributed by atoms with Gasteiger partial charge in [0.25, 0.3) is 5.91 Å². The molecule has 3 aliphatic rings. The van der Waals surface area contributed by atoms with Crippen molar-refractivity contribution < 1.29 is 33.4 Å². The molecule has 6 atom stereocenters. The summed E-state index contributed by atoms with van der Waals surface area (Å²) in [6.45, 7) is 20.0. The summed E-state index contributed by atoms with van der Waals surface area (Å²) in [7, 11) is 0.952. The van der Waals surface area contributed by atoms with Crippen LogP contribution in [0.4, 0.5) is 0 Å². The molecule has 0 aromatic rings. The molecule has 3 rings (SSSR count). The summed E-state index contributed by atoms with van der Waals surface area (Å²) >= 11 is 0. The maximum Gasteiger partial charge on any atom is 0.251 e. The van der Waals surface area contributed by atoms with Crippen LogP contribution in [0.25, 0.3) is 0 Å². The smallest absolute Gasteiger partial charge is 0.251 e. The second-order valence-corrected chi connectivity index (χ2v) is 19.4. The molecular formula is C36H56N2O7Si. The van der Waals surface area contributed by atoms with Crippen molar-refractivity contribution in [1.82, 2.24) is 10.2 Å². The molecule has 0 aromatic carbocycles. The number of ether oxygens (including phenoxy) is 2. The van der Waals surface area contributed by atoms with Gasteiger partial charge < -0.3 is 29.2 Å². The van der Waals surface area contributed by atoms with Gasteiger partial charge in [0.2, 0.25) is 11.6 Å². The molecule has 0 spiro atoms. The first-order chi connectivity index (χ1) is 21.4. The van der Waals surface area contributed by atoms with Crippen LogP contribution in [-0.2, 0) is 28.3 Å². The lowest BCUT2D eigenvalue weighted by Crippen LogP contribution is -2.47. The molecular weight excluding hydrogens is 600 g/mol. The van der Waals surface area contributed by atoms with E-state index in [1.165, 1.54) is 6.08 Å². The maximum absolute atomic E-state index is 13.8. The number of fused-ring (bicyclic) bond motifs is 2. The number of nitrogens with one attached hydrogen (secondary N) is 1. The van der Waals surface area contributed by atoms with E-state index in [2.05, 4.69) is 39.2 Å². The topological polar surface area (TPSA) is 114 Å². The fourth-order valence-electron chi connectivity index (χ4n) is 5.83. The first kappa shape index (κ1) is 37.8. The third-order valence-electron chi connectivity index (χ3n) is 9.92. The minimum atomic E-state index is -2.26. The Labute approximate surface area is 276 Å². The molecule has 1 amide bonds. The van der Waals surface area contributed by atoms with Crippen molar-refractivity contribution in [3.05, 3.63) is 58.5 Å². The quantitative estimate of drug-likeness (QED) is 0.230. The van der Waals surface area contributed by atoms with E-state index >= 15 is 0 Å². The van der Waals surface area contributed by atoms with Gasteiger partial charge in [-0.05, 0) is 62.7 Å². The van der Waals surface area contributed by atoms with Crippen LogP contribution in [0.2, 0.25) is 18.1 Å². The summed E-state index contributed by atoms with van der Waals surface area (Å²) in [6, 6.07) is 0. The summed E-state index contributed by atoms with van der Waals surface area (Å²) in [5, 5.41) is 14.2. The van der Waals surface area contributed by atoms with E-state index in [9.17, 15) is 19.5 Å². The largest absolute Gasteiger partial charge is 0.407 e. The maximum atomic E-state index is 13.8. The number of aliphatic hydroxyl groups excluding tert-OH is 1. The highest BCUT2D eigenvalue weighted by Crippen LogP contribution is 2.39. The van der Waals surface area contributed by atoms with Crippen LogP contribution in [-0.4, -0.2) is 87.5 Å². The van der Waals surface area contributed by atoms with Gasteiger partial charge in [-0.2, -0.15) is 0 Å². The molecule has 0 unspecified atom stereocenters. The highest BCUT2D eigenvalue weighted by atomic mass is 28.4. The van der Waals surface area contributed by atoms with Gasteiger partial charge in [-0.1, -0.05) is 58.9 Å². The number of allylic oxidation sites excluding steroid dienone is 4. The number of ketones is 2. The van der Waals surface area contributed by atoms with Gasteiger partial charge in [0.15, 0.2) is 8.32 Å². The molecule has 2 bridgehead atoms. The SMILES string of the molecule is CO[C@H]1/C=C\C=C(/C)C(=O)NC2=CC(=O)C(N3CCC3)=C(C[C@@H](C)C[C@H](OC)[C@H](O)[C@@H](C)/C=C(\C)[C@@H]1O[Si](C)(C)C(C)(C)C)C2=O. The van der Waals surface area contributed by atoms with Crippen molar-refractivity contribution in [2.24, 2.45) is 11.8 Å². The fraction of sp³-hybridized carbons (Fsp3) is 0.639. The number of carbonyl (C=O) groups excluding carboxylic acids is 3. The lowest BCUT2D eigenvalue weighted by Gasteiger charge is -2.41. The second-order valence-electron chi connectivity index (χ2n) is 14.7. The molecule has 256 valence electrons. The van der Waals surface area contributed by atoms with Crippen molar-refractivity contribution in [3.8, 4) is 0 Å². The Bertz CT molecular complexity index is 1320. The summed E-state index contributed by atoms with van der Waals surface area (Å²) in [5.41, 5.74) is 2.09. The van der Waals surface area contributed by atoms with E-state index in [1.807, 2.05) is 37.8 Å². The molecule has 2 heterocycles. The first-order valence-electron chi connectivity index (χ1n) is 16.5. The van der Waals surface area contributed by atoms with Crippen molar-refractivity contribution in [3.63, 3.8) is 0 Å². The molecule has 1 fully saturated rings. The van der Waals surface area contributed by atoms with Gasteiger partial charge in [-0.25, -0.2) is 0 Å². The minimum absolute atomic E-state index is 0.0227. The number of nitrogens with zero attached hydrogens (tertiary/aromatic N) is 1. The van der Waals surface area contributed by atoms with Crippen LogP contribution in [0.15, 0.2) is 58.5 Å². The van der Waals surface area contributed by atoms with Crippen LogP contribution in [0.5, 0.6) is 0 Å². The van der Waals surface area contributed by atoms with Crippen LogP contribution in [0.3, 0.4) is 0 Å².